The maximum atomic E-state index is 9.46. The van der Waals surface area contributed by atoms with Gasteiger partial charge in [0, 0.05) is 13.1 Å². The van der Waals surface area contributed by atoms with Crippen LogP contribution in [0.4, 0.5) is 0 Å². The Morgan fingerprint density at radius 2 is 2.12 bits per heavy atom. The number of nitrogens with zero attached hydrogens (tertiary/aromatic N) is 1. The lowest BCUT2D eigenvalue weighted by Gasteiger charge is -2.33. The predicted molar refractivity (Wildman–Crippen MR) is 70.7 cm³/mol. The zero-order chi connectivity index (χ0) is 12.1. The first-order valence-corrected chi connectivity index (χ1v) is 6.68. The Balaban J connectivity index is 1.85. The van der Waals surface area contributed by atoms with E-state index in [1.165, 1.54) is 24.9 Å². The van der Waals surface area contributed by atoms with Gasteiger partial charge < -0.3 is 5.11 Å². The monoisotopic (exact) mass is 233 g/mol. The van der Waals surface area contributed by atoms with Gasteiger partial charge in [0.2, 0.25) is 0 Å². The SMILES string of the molecule is C[C@@H](O)CC1CCCN(Cc2ccccc2)C1. The number of aliphatic hydroxyl groups is 1. The van der Waals surface area contributed by atoms with E-state index in [9.17, 15) is 5.11 Å². The summed E-state index contributed by atoms with van der Waals surface area (Å²) in [5, 5.41) is 9.46. The zero-order valence-corrected chi connectivity index (χ0v) is 10.7. The Morgan fingerprint density at radius 3 is 2.82 bits per heavy atom. The molecule has 1 unspecified atom stereocenters. The summed E-state index contributed by atoms with van der Waals surface area (Å²) in [6.07, 6.45) is 3.34. The van der Waals surface area contributed by atoms with Gasteiger partial charge >= 0.3 is 0 Å². The third-order valence-corrected chi connectivity index (χ3v) is 3.53. The van der Waals surface area contributed by atoms with Crippen molar-refractivity contribution in [1.82, 2.24) is 4.90 Å². The van der Waals surface area contributed by atoms with Gasteiger partial charge in [-0.05, 0) is 44.2 Å². The van der Waals surface area contributed by atoms with Crippen molar-refractivity contribution >= 4 is 0 Å². The van der Waals surface area contributed by atoms with Crippen molar-refractivity contribution < 1.29 is 5.11 Å². The van der Waals surface area contributed by atoms with Crippen molar-refractivity contribution in [2.45, 2.75) is 38.8 Å². The standard InChI is InChI=1S/C15H23NO/c1-13(17)10-15-8-5-9-16(12-15)11-14-6-3-2-4-7-14/h2-4,6-7,13,15,17H,5,8-12H2,1H3/t13-,15?/m1/s1. The molecule has 1 aromatic rings. The van der Waals surface area contributed by atoms with Crippen LogP contribution in [-0.4, -0.2) is 29.2 Å². The van der Waals surface area contributed by atoms with Crippen molar-refractivity contribution in [3.05, 3.63) is 35.9 Å². The molecule has 17 heavy (non-hydrogen) atoms. The average Bonchev–Trinajstić information content (AvgIpc) is 2.30. The first kappa shape index (κ1) is 12.6. The fourth-order valence-electron chi connectivity index (χ4n) is 2.81. The summed E-state index contributed by atoms with van der Waals surface area (Å²) in [5.41, 5.74) is 1.39. The van der Waals surface area contributed by atoms with Crippen molar-refractivity contribution in [1.29, 1.82) is 0 Å². The van der Waals surface area contributed by atoms with Crippen LogP contribution in [0.15, 0.2) is 30.3 Å². The summed E-state index contributed by atoms with van der Waals surface area (Å²) < 4.78 is 0. The van der Waals surface area contributed by atoms with Crippen LogP contribution in [0.5, 0.6) is 0 Å². The Bertz CT molecular complexity index is 323. The molecule has 2 rings (SSSR count). The number of hydrogen-bond donors (Lipinski definition) is 1. The molecule has 0 bridgehead atoms. The molecule has 2 nitrogen and oxygen atoms in total. The van der Waals surface area contributed by atoms with Gasteiger partial charge in [0.25, 0.3) is 0 Å². The van der Waals surface area contributed by atoms with Crippen LogP contribution >= 0.6 is 0 Å². The highest BCUT2D eigenvalue weighted by Crippen LogP contribution is 2.22. The lowest BCUT2D eigenvalue weighted by molar-refractivity contribution is 0.107. The molecule has 0 amide bonds. The molecule has 2 heteroatoms. The van der Waals surface area contributed by atoms with Crippen molar-refractivity contribution in [2.24, 2.45) is 5.92 Å². The highest BCUT2D eigenvalue weighted by atomic mass is 16.3. The molecular weight excluding hydrogens is 210 g/mol. The highest BCUT2D eigenvalue weighted by molar-refractivity contribution is 5.14. The van der Waals surface area contributed by atoms with Gasteiger partial charge in [0.05, 0.1) is 6.10 Å². The van der Waals surface area contributed by atoms with Gasteiger partial charge in [-0.1, -0.05) is 30.3 Å². The van der Waals surface area contributed by atoms with Crippen molar-refractivity contribution in [2.75, 3.05) is 13.1 Å². The van der Waals surface area contributed by atoms with Gasteiger partial charge in [-0.3, -0.25) is 4.90 Å². The van der Waals surface area contributed by atoms with E-state index in [4.69, 9.17) is 0 Å². The van der Waals surface area contributed by atoms with Crippen LogP contribution in [0.1, 0.15) is 31.7 Å². The minimum atomic E-state index is -0.156. The van der Waals surface area contributed by atoms with E-state index in [0.29, 0.717) is 5.92 Å². The molecule has 0 saturated carbocycles. The third-order valence-electron chi connectivity index (χ3n) is 3.53. The van der Waals surface area contributed by atoms with Crippen LogP contribution in [0.25, 0.3) is 0 Å². The lowest BCUT2D eigenvalue weighted by Crippen LogP contribution is -2.35. The molecule has 1 N–H and O–H groups in total. The van der Waals surface area contributed by atoms with Crippen LogP contribution < -0.4 is 0 Å². The zero-order valence-electron chi connectivity index (χ0n) is 10.7. The number of piperidine rings is 1. The van der Waals surface area contributed by atoms with Crippen LogP contribution in [0, 0.1) is 5.92 Å². The topological polar surface area (TPSA) is 23.5 Å². The van der Waals surface area contributed by atoms with E-state index in [0.717, 1.165) is 19.5 Å². The quantitative estimate of drug-likeness (QED) is 0.864. The first-order chi connectivity index (χ1) is 8.24. The molecule has 94 valence electrons. The summed E-state index contributed by atoms with van der Waals surface area (Å²) in [4.78, 5) is 2.52. The molecule has 0 aromatic heterocycles. The maximum Gasteiger partial charge on any atom is 0.0515 e. The molecule has 2 atom stereocenters. The average molecular weight is 233 g/mol. The van der Waals surface area contributed by atoms with Crippen LogP contribution in [0.3, 0.4) is 0 Å². The smallest absolute Gasteiger partial charge is 0.0515 e. The minimum Gasteiger partial charge on any atom is -0.393 e. The molecule has 1 fully saturated rings. The minimum absolute atomic E-state index is 0.156. The Labute approximate surface area is 104 Å². The number of likely N-dealkylation sites (tertiary alicyclic amines) is 1. The Hall–Kier alpha value is -0.860. The van der Waals surface area contributed by atoms with E-state index < -0.39 is 0 Å². The second-order valence-electron chi connectivity index (χ2n) is 5.31. The summed E-state index contributed by atoms with van der Waals surface area (Å²) in [6.45, 7) is 5.29. The second kappa shape index (κ2) is 6.18. The summed E-state index contributed by atoms with van der Waals surface area (Å²) in [7, 11) is 0. The van der Waals surface area contributed by atoms with E-state index in [2.05, 4.69) is 35.2 Å². The van der Waals surface area contributed by atoms with E-state index in [-0.39, 0.29) is 6.10 Å². The van der Waals surface area contributed by atoms with Gasteiger partial charge in [-0.15, -0.1) is 0 Å². The summed E-state index contributed by atoms with van der Waals surface area (Å²) in [6, 6.07) is 10.7. The largest absolute Gasteiger partial charge is 0.393 e. The van der Waals surface area contributed by atoms with E-state index in [1.54, 1.807) is 0 Å². The molecule has 1 saturated heterocycles. The molecule has 1 heterocycles. The third kappa shape index (κ3) is 4.14. The molecule has 1 aromatic carbocycles. The molecule has 0 spiro atoms. The summed E-state index contributed by atoms with van der Waals surface area (Å²) >= 11 is 0. The van der Waals surface area contributed by atoms with Crippen LogP contribution in [0.2, 0.25) is 0 Å². The fraction of sp³-hybridized carbons (Fsp3) is 0.600. The van der Waals surface area contributed by atoms with Crippen LogP contribution in [-0.2, 0) is 6.54 Å². The predicted octanol–water partition coefficient (Wildman–Crippen LogP) is 2.67. The van der Waals surface area contributed by atoms with Gasteiger partial charge in [-0.25, -0.2) is 0 Å². The maximum absolute atomic E-state index is 9.46. The van der Waals surface area contributed by atoms with Gasteiger partial charge in [0.1, 0.15) is 0 Å². The van der Waals surface area contributed by atoms with Crippen molar-refractivity contribution in [3.8, 4) is 0 Å². The fourth-order valence-corrected chi connectivity index (χ4v) is 2.81. The highest BCUT2D eigenvalue weighted by Gasteiger charge is 2.20. The number of benzene rings is 1. The van der Waals surface area contributed by atoms with Gasteiger partial charge in [-0.2, -0.15) is 0 Å². The Morgan fingerprint density at radius 1 is 1.35 bits per heavy atom. The van der Waals surface area contributed by atoms with E-state index in [1.807, 2.05) is 6.92 Å². The molecular formula is C15H23NO. The molecule has 0 aliphatic carbocycles. The van der Waals surface area contributed by atoms with E-state index >= 15 is 0 Å². The Kier molecular flexibility index (Phi) is 4.57. The summed E-state index contributed by atoms with van der Waals surface area (Å²) in [5.74, 6) is 0.674. The lowest BCUT2D eigenvalue weighted by atomic mass is 9.92. The normalized spacial score (nSPS) is 23.5. The molecule has 1 aliphatic heterocycles. The number of aliphatic hydroxyl groups excluding tert-OH is 1. The van der Waals surface area contributed by atoms with Gasteiger partial charge in [0.15, 0.2) is 0 Å². The number of rotatable bonds is 4. The number of hydrogen-bond acceptors (Lipinski definition) is 2. The second-order valence-corrected chi connectivity index (χ2v) is 5.31. The molecule has 0 radical (unpaired) electrons. The molecule has 1 aliphatic rings. The van der Waals surface area contributed by atoms with Crippen molar-refractivity contribution in [3.63, 3.8) is 0 Å². The first-order valence-electron chi connectivity index (χ1n) is 6.68.